The molecule has 16 heavy (non-hydrogen) atoms. The van der Waals surface area contributed by atoms with Gasteiger partial charge in [-0.15, -0.1) is 0 Å². The Kier molecular flexibility index (Phi) is 9.91. The van der Waals surface area contributed by atoms with Gasteiger partial charge in [0.15, 0.2) is 0 Å². The molecule has 0 aromatic rings. The third-order valence-corrected chi connectivity index (χ3v) is 17.2. The van der Waals surface area contributed by atoms with Crippen LogP contribution in [-0.4, -0.2) is 30.3 Å². The number of esters is 1. The molecule has 0 radical (unpaired) electrons. The quantitative estimate of drug-likeness (QED) is 0.454. The van der Waals surface area contributed by atoms with Crippen molar-refractivity contribution in [3.8, 4) is 0 Å². The first kappa shape index (κ1) is 16.6. The molecular formula is C12H25ClO2Sn. The van der Waals surface area contributed by atoms with Gasteiger partial charge in [-0.1, -0.05) is 0 Å². The van der Waals surface area contributed by atoms with Crippen LogP contribution in [0.5, 0.6) is 0 Å². The first-order valence-corrected chi connectivity index (χ1v) is 16.0. The van der Waals surface area contributed by atoms with Gasteiger partial charge < -0.3 is 0 Å². The Labute approximate surface area is 108 Å². The molecule has 0 amide bonds. The third-order valence-electron chi connectivity index (χ3n) is 2.96. The van der Waals surface area contributed by atoms with E-state index in [4.69, 9.17) is 13.7 Å². The van der Waals surface area contributed by atoms with E-state index in [0.717, 1.165) is 4.44 Å². The molecule has 0 rings (SSSR count). The third kappa shape index (κ3) is 7.77. The van der Waals surface area contributed by atoms with Gasteiger partial charge in [-0.3, -0.25) is 0 Å². The van der Waals surface area contributed by atoms with Crippen LogP contribution >= 0.6 is 8.92 Å². The van der Waals surface area contributed by atoms with E-state index in [2.05, 4.69) is 13.8 Å². The Morgan fingerprint density at radius 3 is 2.00 bits per heavy atom. The summed E-state index contributed by atoms with van der Waals surface area (Å²) >= 11 is -2.47. The summed E-state index contributed by atoms with van der Waals surface area (Å²) in [7, 11) is 8.25. The second-order valence-corrected chi connectivity index (χ2v) is 20.7. The minimum atomic E-state index is -2.47. The standard InChI is InChI=1S/C4H7O2.2C4H9.ClH.Sn/c1-3-4(5)6-2;2*1-3-4-2;;/h1,3H2,2H3;2*1,3-4H2,2H3;1H;/q;;;;+1/p-1. The molecule has 0 unspecified atom stereocenters. The molecule has 96 valence electrons. The van der Waals surface area contributed by atoms with Crippen LogP contribution < -0.4 is 0 Å². The molecule has 0 aliphatic heterocycles. The van der Waals surface area contributed by atoms with Crippen molar-refractivity contribution < 1.29 is 9.53 Å². The summed E-state index contributed by atoms with van der Waals surface area (Å²) in [4.78, 5) is 11.2. The average molecular weight is 355 g/mol. The summed E-state index contributed by atoms with van der Waals surface area (Å²) in [5, 5.41) is 0. The van der Waals surface area contributed by atoms with Crippen LogP contribution in [0.2, 0.25) is 13.3 Å². The van der Waals surface area contributed by atoms with E-state index in [9.17, 15) is 4.79 Å². The summed E-state index contributed by atoms with van der Waals surface area (Å²) in [5.74, 6) is -0.102. The van der Waals surface area contributed by atoms with Crippen LogP contribution in [0.15, 0.2) is 0 Å². The molecule has 2 nitrogen and oxygen atoms in total. The van der Waals surface area contributed by atoms with E-state index < -0.39 is 17.3 Å². The van der Waals surface area contributed by atoms with Gasteiger partial charge in [0.05, 0.1) is 0 Å². The van der Waals surface area contributed by atoms with Gasteiger partial charge in [0.1, 0.15) is 0 Å². The summed E-state index contributed by atoms with van der Waals surface area (Å²) in [6.07, 6.45) is 5.39. The number of hydrogen-bond donors (Lipinski definition) is 0. The Morgan fingerprint density at radius 1 is 1.12 bits per heavy atom. The molecule has 0 fully saturated rings. The van der Waals surface area contributed by atoms with Gasteiger partial charge in [-0.05, 0) is 0 Å². The Hall–Kier alpha value is 0.559. The van der Waals surface area contributed by atoms with Gasteiger partial charge in [0.2, 0.25) is 0 Å². The molecule has 4 heteroatoms. The van der Waals surface area contributed by atoms with Gasteiger partial charge in [-0.2, -0.15) is 0 Å². The molecule has 0 aliphatic rings. The molecule has 0 spiro atoms. The van der Waals surface area contributed by atoms with Crippen molar-refractivity contribution >= 4 is 32.1 Å². The van der Waals surface area contributed by atoms with Crippen LogP contribution in [0.3, 0.4) is 0 Å². The molecule has 0 saturated heterocycles. The van der Waals surface area contributed by atoms with Crippen LogP contribution in [0.4, 0.5) is 0 Å². The molecule has 0 bridgehead atoms. The fraction of sp³-hybridized carbons (Fsp3) is 0.917. The van der Waals surface area contributed by atoms with Crippen LogP contribution in [0.1, 0.15) is 46.0 Å². The minimum absolute atomic E-state index is 0.102. The fourth-order valence-electron chi connectivity index (χ4n) is 1.79. The topological polar surface area (TPSA) is 26.3 Å². The number of hydrogen-bond acceptors (Lipinski definition) is 2. The van der Waals surface area contributed by atoms with Gasteiger partial charge in [0.25, 0.3) is 0 Å². The van der Waals surface area contributed by atoms with Crippen LogP contribution in [-0.2, 0) is 9.53 Å². The van der Waals surface area contributed by atoms with E-state index in [0.29, 0.717) is 6.42 Å². The molecular weight excluding hydrogens is 330 g/mol. The number of carbonyl (C=O) groups is 1. The maximum atomic E-state index is 11.2. The zero-order valence-corrected chi connectivity index (χ0v) is 14.5. The average Bonchev–Trinajstić information content (AvgIpc) is 2.31. The van der Waals surface area contributed by atoms with Crippen molar-refractivity contribution in [2.24, 2.45) is 0 Å². The second-order valence-electron chi connectivity index (χ2n) is 4.43. The van der Waals surface area contributed by atoms with Crippen molar-refractivity contribution in [3.63, 3.8) is 0 Å². The zero-order valence-electron chi connectivity index (χ0n) is 10.9. The molecule has 0 aliphatic carbocycles. The van der Waals surface area contributed by atoms with Crippen molar-refractivity contribution in [1.82, 2.24) is 0 Å². The Morgan fingerprint density at radius 2 is 1.62 bits per heavy atom. The van der Waals surface area contributed by atoms with Gasteiger partial charge in [0, 0.05) is 0 Å². The van der Waals surface area contributed by atoms with Gasteiger partial charge >= 0.3 is 108 Å². The van der Waals surface area contributed by atoms with Crippen LogP contribution in [0.25, 0.3) is 0 Å². The number of unbranched alkanes of at least 4 members (excludes halogenated alkanes) is 2. The predicted octanol–water partition coefficient (Wildman–Crippen LogP) is 4.33. The molecule has 0 atom stereocenters. The number of ether oxygens (including phenoxy) is 1. The Balaban J connectivity index is 4.11. The van der Waals surface area contributed by atoms with Crippen molar-refractivity contribution in [1.29, 1.82) is 0 Å². The molecule has 0 N–H and O–H groups in total. The van der Waals surface area contributed by atoms with E-state index in [1.165, 1.54) is 41.7 Å². The first-order chi connectivity index (χ1) is 7.58. The SMILES string of the molecule is CCC[CH2][Sn]([Cl])([CH2]CCC)[CH2]CC(=O)OC. The van der Waals surface area contributed by atoms with Gasteiger partial charge in [-0.25, -0.2) is 0 Å². The first-order valence-electron chi connectivity index (χ1n) is 6.33. The summed E-state index contributed by atoms with van der Waals surface area (Å²) in [6.45, 7) is 4.40. The fourth-order valence-corrected chi connectivity index (χ4v) is 13.9. The predicted molar refractivity (Wildman–Crippen MR) is 72.5 cm³/mol. The van der Waals surface area contributed by atoms with E-state index >= 15 is 0 Å². The van der Waals surface area contributed by atoms with Crippen LogP contribution in [0, 0.1) is 0 Å². The number of halogens is 1. The van der Waals surface area contributed by atoms with Crippen molar-refractivity contribution in [3.05, 3.63) is 0 Å². The van der Waals surface area contributed by atoms with Crippen molar-refractivity contribution in [2.75, 3.05) is 7.11 Å². The summed E-state index contributed by atoms with van der Waals surface area (Å²) < 4.78 is 8.06. The van der Waals surface area contributed by atoms with E-state index in [1.54, 1.807) is 0 Å². The Bertz CT molecular complexity index is 189. The zero-order chi connectivity index (χ0) is 12.4. The summed E-state index contributed by atoms with van der Waals surface area (Å²) in [6, 6.07) is 0. The summed E-state index contributed by atoms with van der Waals surface area (Å²) in [5.41, 5.74) is 0. The molecule has 0 saturated carbocycles. The van der Waals surface area contributed by atoms with Crippen molar-refractivity contribution in [2.45, 2.75) is 59.3 Å². The number of carbonyl (C=O) groups excluding carboxylic acids is 1. The molecule has 0 aromatic carbocycles. The number of rotatable bonds is 9. The van der Waals surface area contributed by atoms with E-state index in [1.807, 2.05) is 0 Å². The second kappa shape index (κ2) is 9.57. The molecule has 0 heterocycles. The normalized spacial score (nSPS) is 11.5. The maximum absolute atomic E-state index is 11.2. The monoisotopic (exact) mass is 356 g/mol. The number of methoxy groups -OCH3 is 1. The van der Waals surface area contributed by atoms with E-state index in [-0.39, 0.29) is 5.97 Å². The molecule has 0 aromatic heterocycles.